The van der Waals surface area contributed by atoms with E-state index in [-0.39, 0.29) is 11.9 Å². The number of imidazole rings is 1. The number of anilines is 2. The van der Waals surface area contributed by atoms with Crippen LogP contribution < -0.4 is 16.4 Å². The van der Waals surface area contributed by atoms with Crippen molar-refractivity contribution in [3.63, 3.8) is 0 Å². The van der Waals surface area contributed by atoms with Gasteiger partial charge in [0.1, 0.15) is 0 Å². The molecule has 10 heteroatoms. The molecule has 2 aromatic carbocycles. The Hall–Kier alpha value is -4.11. The normalized spacial score (nSPS) is 13.4. The molecule has 0 atom stereocenters. The second kappa shape index (κ2) is 8.28. The highest BCUT2D eigenvalue weighted by Crippen LogP contribution is 2.32. The first-order chi connectivity index (χ1) is 17.0. The van der Waals surface area contributed by atoms with Crippen molar-refractivity contribution < 1.29 is 4.79 Å². The number of nitrogens with one attached hydrogen (secondary N) is 2. The zero-order valence-corrected chi connectivity index (χ0v) is 19.8. The lowest BCUT2D eigenvalue weighted by Crippen LogP contribution is -2.25. The minimum atomic E-state index is -0.144. The molecule has 0 radical (unpaired) electrons. The Bertz CT molecular complexity index is 1600. The summed E-state index contributed by atoms with van der Waals surface area (Å²) < 4.78 is 3.84. The summed E-state index contributed by atoms with van der Waals surface area (Å²) in [7, 11) is 1.90. The van der Waals surface area contributed by atoms with Gasteiger partial charge in [0.05, 0.1) is 45.7 Å². The molecule has 0 saturated heterocycles. The van der Waals surface area contributed by atoms with Crippen molar-refractivity contribution in [2.75, 3.05) is 11.1 Å². The van der Waals surface area contributed by atoms with Crippen LogP contribution >= 0.6 is 11.6 Å². The van der Waals surface area contributed by atoms with Crippen LogP contribution in [0.25, 0.3) is 27.9 Å². The Morgan fingerprint density at radius 2 is 2.06 bits per heavy atom. The molecule has 0 unspecified atom stereocenters. The number of aromatic nitrogens is 5. The highest BCUT2D eigenvalue weighted by Gasteiger charge is 2.25. The summed E-state index contributed by atoms with van der Waals surface area (Å²) in [6.07, 6.45) is 5.59. The van der Waals surface area contributed by atoms with Crippen LogP contribution in [-0.4, -0.2) is 36.1 Å². The summed E-state index contributed by atoms with van der Waals surface area (Å²) >= 11 is 6.55. The van der Waals surface area contributed by atoms with Gasteiger partial charge in [-0.1, -0.05) is 17.7 Å². The maximum atomic E-state index is 12.5. The summed E-state index contributed by atoms with van der Waals surface area (Å²) in [5, 5.41) is 11.0. The van der Waals surface area contributed by atoms with E-state index in [4.69, 9.17) is 22.3 Å². The molecule has 0 aliphatic heterocycles. The monoisotopic (exact) mass is 486 g/mol. The van der Waals surface area contributed by atoms with Crippen LogP contribution in [0.2, 0.25) is 5.02 Å². The lowest BCUT2D eigenvalue weighted by Gasteiger charge is -2.13. The Balaban J connectivity index is 1.45. The molecule has 3 aromatic heterocycles. The maximum absolute atomic E-state index is 12.5. The van der Waals surface area contributed by atoms with E-state index < -0.39 is 0 Å². The molecule has 3 heterocycles. The molecular formula is C25H23ClN8O. The van der Waals surface area contributed by atoms with Gasteiger partial charge in [-0.2, -0.15) is 5.10 Å². The lowest BCUT2D eigenvalue weighted by atomic mass is 10.1. The summed E-state index contributed by atoms with van der Waals surface area (Å²) in [6.45, 7) is 0.534. The van der Waals surface area contributed by atoms with Gasteiger partial charge in [0.2, 0.25) is 0 Å². The molecule has 1 aliphatic rings. The average Bonchev–Trinajstić information content (AvgIpc) is 3.37. The molecule has 4 N–H and O–H groups in total. The van der Waals surface area contributed by atoms with E-state index in [1.165, 1.54) is 0 Å². The van der Waals surface area contributed by atoms with Gasteiger partial charge in [-0.3, -0.25) is 13.9 Å². The number of aryl methyl sites for hydroxylation is 1. The van der Waals surface area contributed by atoms with E-state index in [1.807, 2.05) is 46.5 Å². The van der Waals surface area contributed by atoms with Gasteiger partial charge >= 0.3 is 0 Å². The fourth-order valence-electron chi connectivity index (χ4n) is 4.17. The first-order valence-corrected chi connectivity index (χ1v) is 11.7. The van der Waals surface area contributed by atoms with Crippen molar-refractivity contribution in [3.8, 4) is 11.3 Å². The van der Waals surface area contributed by atoms with Crippen LogP contribution in [0.4, 0.5) is 11.5 Å². The molecule has 1 aliphatic carbocycles. The van der Waals surface area contributed by atoms with Crippen LogP contribution in [0.3, 0.4) is 0 Å². The van der Waals surface area contributed by atoms with Crippen molar-refractivity contribution in [1.82, 2.24) is 29.5 Å². The van der Waals surface area contributed by atoms with E-state index in [0.29, 0.717) is 34.3 Å². The maximum Gasteiger partial charge on any atom is 0.253 e. The van der Waals surface area contributed by atoms with Gasteiger partial charge < -0.3 is 16.4 Å². The number of nitrogens with two attached hydrogens (primary N) is 1. The lowest BCUT2D eigenvalue weighted by molar-refractivity contribution is 0.0951. The molecule has 0 spiro atoms. The molecule has 0 bridgehead atoms. The van der Waals surface area contributed by atoms with Gasteiger partial charge in [0, 0.05) is 30.5 Å². The molecule has 5 aromatic rings. The highest BCUT2D eigenvalue weighted by atomic mass is 35.5. The van der Waals surface area contributed by atoms with Crippen LogP contribution in [0.1, 0.15) is 28.9 Å². The zero-order chi connectivity index (χ0) is 24.1. The van der Waals surface area contributed by atoms with Gasteiger partial charge in [-0.05, 0) is 49.2 Å². The molecule has 35 heavy (non-hydrogen) atoms. The van der Waals surface area contributed by atoms with Gasteiger partial charge in [-0.25, -0.2) is 9.97 Å². The number of hydrogen-bond acceptors (Lipinski definition) is 6. The van der Waals surface area contributed by atoms with Crippen molar-refractivity contribution in [1.29, 1.82) is 0 Å². The predicted molar refractivity (Wildman–Crippen MR) is 136 cm³/mol. The number of amides is 1. The SMILES string of the molecule is Cn1nccc1CNc1nc2cc(N)ccc2n2c(-c3ccc(C(=O)NC4CC4)c(Cl)c3)cnc12. The summed E-state index contributed by atoms with van der Waals surface area (Å²) in [4.78, 5) is 22.0. The standard InChI is InChI=1S/C25H23ClN8O/c1-33-17(8-9-30-33)12-28-23-24-29-13-22(34(24)21-7-3-15(27)11-20(21)32-23)14-2-6-18(19(26)10-14)25(35)31-16-4-5-16/h2-3,6-11,13,16H,4-5,12,27H2,1H3,(H,28,32)(H,31,35). The quantitative estimate of drug-likeness (QED) is 0.312. The number of halogens is 1. The number of nitrogens with zero attached hydrogens (tertiary/aromatic N) is 5. The van der Waals surface area contributed by atoms with Crippen molar-refractivity contribution >= 4 is 45.7 Å². The molecule has 9 nitrogen and oxygen atoms in total. The van der Waals surface area contributed by atoms with Crippen molar-refractivity contribution in [2.24, 2.45) is 7.05 Å². The average molecular weight is 487 g/mol. The van der Waals surface area contributed by atoms with E-state index >= 15 is 0 Å². The highest BCUT2D eigenvalue weighted by molar-refractivity contribution is 6.34. The van der Waals surface area contributed by atoms with E-state index in [0.717, 1.165) is 40.8 Å². The minimum Gasteiger partial charge on any atom is -0.399 e. The topological polar surface area (TPSA) is 115 Å². The predicted octanol–water partition coefficient (Wildman–Crippen LogP) is 4.02. The zero-order valence-electron chi connectivity index (χ0n) is 19.0. The summed E-state index contributed by atoms with van der Waals surface area (Å²) in [5.41, 5.74) is 12.1. The third-order valence-corrected chi connectivity index (χ3v) is 6.54. The third-order valence-electron chi connectivity index (χ3n) is 6.23. The Morgan fingerprint density at radius 1 is 1.20 bits per heavy atom. The third kappa shape index (κ3) is 3.93. The summed E-state index contributed by atoms with van der Waals surface area (Å²) in [5.74, 6) is 0.482. The van der Waals surface area contributed by atoms with Crippen LogP contribution in [0.5, 0.6) is 0 Å². The number of hydrogen-bond donors (Lipinski definition) is 3. The number of fused-ring (bicyclic) bond motifs is 3. The number of carbonyl (C=O) groups is 1. The molecular weight excluding hydrogens is 464 g/mol. The fourth-order valence-corrected chi connectivity index (χ4v) is 4.44. The second-order valence-corrected chi connectivity index (χ2v) is 9.16. The number of carbonyl (C=O) groups excluding carboxylic acids is 1. The molecule has 176 valence electrons. The Kier molecular flexibility index (Phi) is 5.07. The first-order valence-electron chi connectivity index (χ1n) is 11.4. The van der Waals surface area contributed by atoms with E-state index in [2.05, 4.69) is 20.7 Å². The Morgan fingerprint density at radius 3 is 2.80 bits per heavy atom. The second-order valence-electron chi connectivity index (χ2n) is 8.75. The number of benzene rings is 2. The number of rotatable bonds is 6. The van der Waals surface area contributed by atoms with Gasteiger partial charge in [0.25, 0.3) is 5.91 Å². The number of nitrogen functional groups attached to an aromatic ring is 1. The molecule has 6 rings (SSSR count). The smallest absolute Gasteiger partial charge is 0.253 e. The van der Waals surface area contributed by atoms with E-state index in [1.54, 1.807) is 24.5 Å². The summed E-state index contributed by atoms with van der Waals surface area (Å²) in [6, 6.07) is 13.3. The van der Waals surface area contributed by atoms with Crippen molar-refractivity contribution in [2.45, 2.75) is 25.4 Å². The van der Waals surface area contributed by atoms with Crippen LogP contribution in [0, 0.1) is 0 Å². The van der Waals surface area contributed by atoms with Crippen LogP contribution in [0.15, 0.2) is 54.9 Å². The van der Waals surface area contributed by atoms with Crippen LogP contribution in [-0.2, 0) is 13.6 Å². The molecule has 1 fully saturated rings. The van der Waals surface area contributed by atoms with Crippen molar-refractivity contribution in [3.05, 3.63) is 71.1 Å². The van der Waals surface area contributed by atoms with E-state index in [9.17, 15) is 4.79 Å². The molecule has 1 amide bonds. The molecule has 1 saturated carbocycles. The minimum absolute atomic E-state index is 0.144. The fraction of sp³-hybridized carbons (Fsp3) is 0.200. The van der Waals surface area contributed by atoms with Gasteiger partial charge in [0.15, 0.2) is 11.5 Å². The first kappa shape index (κ1) is 21.4. The largest absolute Gasteiger partial charge is 0.399 e. The van der Waals surface area contributed by atoms with Gasteiger partial charge in [-0.15, -0.1) is 0 Å². The Labute approximate surface area is 205 Å².